The minimum absolute atomic E-state index is 0.0471. The molecule has 1 aromatic rings. The molecule has 1 heterocycles. The van der Waals surface area contributed by atoms with Crippen molar-refractivity contribution in [2.45, 2.75) is 27.7 Å². The van der Waals surface area contributed by atoms with E-state index in [0.717, 1.165) is 17.5 Å². The number of esters is 2. The van der Waals surface area contributed by atoms with Gasteiger partial charge in [-0.15, -0.1) is 0 Å². The van der Waals surface area contributed by atoms with Crippen LogP contribution in [0.15, 0.2) is 12.1 Å². The van der Waals surface area contributed by atoms with Crippen molar-refractivity contribution in [3.8, 4) is 0 Å². The van der Waals surface area contributed by atoms with E-state index < -0.39 is 11.9 Å². The zero-order valence-electron chi connectivity index (χ0n) is 11.6. The molecular formula is C13H18N2O4. The van der Waals surface area contributed by atoms with Gasteiger partial charge < -0.3 is 9.47 Å². The Labute approximate surface area is 112 Å². The zero-order chi connectivity index (χ0) is 14.4. The summed E-state index contributed by atoms with van der Waals surface area (Å²) in [6, 6.07) is 1.80. The van der Waals surface area contributed by atoms with Gasteiger partial charge in [-0.3, -0.25) is 0 Å². The van der Waals surface area contributed by atoms with Crippen LogP contribution in [0.3, 0.4) is 0 Å². The Morgan fingerprint density at radius 2 is 1.89 bits per heavy atom. The summed E-state index contributed by atoms with van der Waals surface area (Å²) in [6.07, 6.45) is 1.10. The van der Waals surface area contributed by atoms with Gasteiger partial charge in [0, 0.05) is 5.69 Å². The van der Waals surface area contributed by atoms with Gasteiger partial charge in [0.25, 0.3) is 0 Å². The molecule has 0 unspecified atom stereocenters. The van der Waals surface area contributed by atoms with Crippen molar-refractivity contribution in [1.29, 1.82) is 0 Å². The number of ether oxygens (including phenoxy) is 2. The van der Waals surface area contributed by atoms with Gasteiger partial charge in [0.1, 0.15) is 0 Å². The van der Waals surface area contributed by atoms with Crippen LogP contribution >= 0.6 is 0 Å². The molecule has 0 aliphatic rings. The maximum absolute atomic E-state index is 11.9. The molecule has 0 atom stereocenters. The van der Waals surface area contributed by atoms with Crippen LogP contribution < -0.4 is 0 Å². The quantitative estimate of drug-likeness (QED) is 0.596. The van der Waals surface area contributed by atoms with E-state index in [4.69, 9.17) is 9.47 Å². The van der Waals surface area contributed by atoms with E-state index in [2.05, 4.69) is 5.10 Å². The molecule has 0 aromatic carbocycles. The summed E-state index contributed by atoms with van der Waals surface area (Å²) in [6.45, 7) is 7.44. The Hall–Kier alpha value is -2.11. The highest BCUT2D eigenvalue weighted by Gasteiger charge is 2.18. The molecule has 0 fully saturated rings. The predicted molar refractivity (Wildman–Crippen MR) is 69.2 cm³/mol. The van der Waals surface area contributed by atoms with Crippen LogP contribution in [0.25, 0.3) is 5.70 Å². The topological polar surface area (TPSA) is 70.4 Å². The minimum atomic E-state index is -0.609. The van der Waals surface area contributed by atoms with Crippen LogP contribution in [0.4, 0.5) is 0 Å². The van der Waals surface area contributed by atoms with E-state index in [1.807, 2.05) is 0 Å². The molecule has 1 aromatic heterocycles. The molecule has 0 spiro atoms. The molecule has 0 saturated heterocycles. The smallest absolute Gasteiger partial charge is 0.357 e. The van der Waals surface area contributed by atoms with Gasteiger partial charge in [0.15, 0.2) is 5.70 Å². The fourth-order valence-electron chi connectivity index (χ4n) is 1.58. The monoisotopic (exact) mass is 266 g/mol. The Morgan fingerprint density at radius 1 is 1.26 bits per heavy atom. The molecular weight excluding hydrogens is 248 g/mol. The number of aromatic nitrogens is 2. The van der Waals surface area contributed by atoms with Crippen LogP contribution in [0.1, 0.15) is 25.2 Å². The summed E-state index contributed by atoms with van der Waals surface area (Å²) in [5.41, 5.74) is 1.53. The lowest BCUT2D eigenvalue weighted by Gasteiger charge is -2.08. The third-order valence-electron chi connectivity index (χ3n) is 2.26. The molecule has 0 radical (unpaired) electrons. The molecule has 0 bridgehead atoms. The standard InChI is InChI=1S/C13H18N2O4/c1-5-18-12(16)8-11(13(17)19-6-2)15-10(4)7-9(3)14-15/h7-8H,5-6H2,1-4H3. The van der Waals surface area contributed by atoms with E-state index in [1.54, 1.807) is 33.8 Å². The second-order valence-electron chi connectivity index (χ2n) is 3.84. The van der Waals surface area contributed by atoms with Gasteiger partial charge >= 0.3 is 11.9 Å². The van der Waals surface area contributed by atoms with Crippen molar-refractivity contribution in [2.75, 3.05) is 13.2 Å². The highest BCUT2D eigenvalue weighted by Crippen LogP contribution is 2.12. The number of hydrogen-bond donors (Lipinski definition) is 0. The third-order valence-corrected chi connectivity index (χ3v) is 2.26. The Bertz CT molecular complexity index is 503. The van der Waals surface area contributed by atoms with Crippen LogP contribution in [0, 0.1) is 13.8 Å². The second-order valence-corrected chi connectivity index (χ2v) is 3.84. The fourth-order valence-corrected chi connectivity index (χ4v) is 1.58. The SMILES string of the molecule is CCOC(=O)C=C(C(=O)OCC)n1nc(C)cc1C. The molecule has 0 saturated carbocycles. The van der Waals surface area contributed by atoms with Gasteiger partial charge in [-0.2, -0.15) is 5.10 Å². The number of carbonyl (C=O) groups excluding carboxylic acids is 2. The van der Waals surface area contributed by atoms with Gasteiger partial charge in [0.05, 0.1) is 25.0 Å². The summed E-state index contributed by atoms with van der Waals surface area (Å²) in [4.78, 5) is 23.4. The molecule has 0 N–H and O–H groups in total. The lowest BCUT2D eigenvalue weighted by molar-refractivity contribution is -0.139. The number of rotatable bonds is 5. The van der Waals surface area contributed by atoms with Crippen LogP contribution in [0.2, 0.25) is 0 Å². The van der Waals surface area contributed by atoms with E-state index in [-0.39, 0.29) is 18.9 Å². The average Bonchev–Trinajstić information content (AvgIpc) is 2.66. The van der Waals surface area contributed by atoms with Gasteiger partial charge in [0.2, 0.25) is 0 Å². The summed E-state index contributed by atoms with van der Waals surface area (Å²) in [5.74, 6) is -1.21. The lowest BCUT2D eigenvalue weighted by atomic mass is 10.3. The summed E-state index contributed by atoms with van der Waals surface area (Å²) in [5, 5.41) is 4.17. The highest BCUT2D eigenvalue weighted by molar-refractivity contribution is 6.14. The first kappa shape index (κ1) is 14.9. The number of carbonyl (C=O) groups is 2. The molecule has 1 rings (SSSR count). The number of nitrogens with zero attached hydrogens (tertiary/aromatic N) is 2. The molecule has 104 valence electrons. The van der Waals surface area contributed by atoms with Crippen LogP contribution in [-0.2, 0) is 19.1 Å². The maximum Gasteiger partial charge on any atom is 0.357 e. The van der Waals surface area contributed by atoms with Gasteiger partial charge in [-0.1, -0.05) is 0 Å². The molecule has 19 heavy (non-hydrogen) atoms. The molecule has 0 aliphatic carbocycles. The van der Waals surface area contributed by atoms with Crippen molar-refractivity contribution in [2.24, 2.45) is 0 Å². The van der Waals surface area contributed by atoms with Crippen molar-refractivity contribution < 1.29 is 19.1 Å². The van der Waals surface area contributed by atoms with E-state index in [1.165, 1.54) is 4.68 Å². The van der Waals surface area contributed by atoms with E-state index in [0.29, 0.717) is 0 Å². The van der Waals surface area contributed by atoms with Crippen LogP contribution in [0.5, 0.6) is 0 Å². The fraction of sp³-hybridized carbons (Fsp3) is 0.462. The summed E-state index contributed by atoms with van der Waals surface area (Å²) in [7, 11) is 0. The van der Waals surface area contributed by atoms with E-state index in [9.17, 15) is 9.59 Å². The van der Waals surface area contributed by atoms with Crippen molar-refractivity contribution in [3.05, 3.63) is 23.5 Å². The van der Waals surface area contributed by atoms with Gasteiger partial charge in [-0.05, 0) is 33.8 Å². The molecule has 0 aliphatic heterocycles. The lowest BCUT2D eigenvalue weighted by Crippen LogP contribution is -2.17. The zero-order valence-corrected chi connectivity index (χ0v) is 11.6. The summed E-state index contributed by atoms with van der Waals surface area (Å²) >= 11 is 0. The Balaban J connectivity index is 3.16. The van der Waals surface area contributed by atoms with Gasteiger partial charge in [-0.25, -0.2) is 14.3 Å². The van der Waals surface area contributed by atoms with Crippen molar-refractivity contribution in [3.63, 3.8) is 0 Å². The number of hydrogen-bond acceptors (Lipinski definition) is 5. The molecule has 6 heteroatoms. The predicted octanol–water partition coefficient (Wildman–Crippen LogP) is 1.47. The average molecular weight is 266 g/mol. The summed E-state index contributed by atoms with van der Waals surface area (Å²) < 4.78 is 11.1. The van der Waals surface area contributed by atoms with Crippen LogP contribution in [-0.4, -0.2) is 34.9 Å². The maximum atomic E-state index is 11.9. The largest absolute Gasteiger partial charge is 0.463 e. The minimum Gasteiger partial charge on any atom is -0.463 e. The Kier molecular flexibility index (Phi) is 5.29. The normalized spacial score (nSPS) is 11.3. The van der Waals surface area contributed by atoms with Crippen molar-refractivity contribution >= 4 is 17.6 Å². The first-order chi connectivity index (χ1) is 8.99. The molecule has 0 amide bonds. The van der Waals surface area contributed by atoms with Crippen molar-refractivity contribution in [1.82, 2.24) is 9.78 Å². The third kappa shape index (κ3) is 3.94. The highest BCUT2D eigenvalue weighted by atomic mass is 16.5. The first-order valence-electron chi connectivity index (χ1n) is 6.08. The first-order valence-corrected chi connectivity index (χ1v) is 6.08. The second kappa shape index (κ2) is 6.72. The molecule has 6 nitrogen and oxygen atoms in total. The van der Waals surface area contributed by atoms with E-state index >= 15 is 0 Å². The number of aryl methyl sites for hydroxylation is 2. The Morgan fingerprint density at radius 3 is 2.37 bits per heavy atom.